The minimum absolute atomic E-state index is 0.00945. The molecule has 2 N–H and O–H groups in total. The van der Waals surface area contributed by atoms with Gasteiger partial charge in [-0.25, -0.2) is 8.78 Å². The molecular formula is C34H33F2N5O2. The predicted molar refractivity (Wildman–Crippen MR) is 160 cm³/mol. The Kier molecular flexibility index (Phi) is 6.28. The van der Waals surface area contributed by atoms with Crippen molar-refractivity contribution in [1.82, 2.24) is 25.2 Å². The summed E-state index contributed by atoms with van der Waals surface area (Å²) in [4.78, 5) is 16.6. The fourth-order valence-corrected chi connectivity index (χ4v) is 8.31. The molecular weight excluding hydrogens is 548 g/mol. The molecule has 7 nitrogen and oxygen atoms in total. The topological polar surface area (TPSA) is 83.4 Å². The minimum atomic E-state index is -0.677. The Balaban J connectivity index is 1.28. The van der Waals surface area contributed by atoms with E-state index in [1.807, 2.05) is 0 Å². The molecule has 0 spiro atoms. The molecule has 2 aromatic carbocycles. The van der Waals surface area contributed by atoms with Crippen LogP contribution < -0.4 is 10.1 Å². The van der Waals surface area contributed by atoms with Crippen molar-refractivity contribution in [1.29, 1.82) is 0 Å². The summed E-state index contributed by atoms with van der Waals surface area (Å²) in [5.41, 5.74) is 0.995. The second kappa shape index (κ2) is 10.1. The molecule has 2 atom stereocenters. The van der Waals surface area contributed by atoms with Gasteiger partial charge in [0, 0.05) is 40.5 Å². The summed E-state index contributed by atoms with van der Waals surface area (Å²) in [6.07, 6.45) is 15.8. The number of phenols is 1. The van der Waals surface area contributed by atoms with E-state index in [0.29, 0.717) is 34.8 Å². The van der Waals surface area contributed by atoms with Crippen molar-refractivity contribution >= 4 is 21.7 Å². The van der Waals surface area contributed by atoms with Crippen LogP contribution in [0.2, 0.25) is 0 Å². The van der Waals surface area contributed by atoms with Crippen molar-refractivity contribution in [3.8, 4) is 35.4 Å². The normalized spacial score (nSPS) is 24.4. The largest absolute Gasteiger partial charge is 0.508 e. The molecule has 4 aromatic rings. The molecule has 0 radical (unpaired) electrons. The van der Waals surface area contributed by atoms with Crippen molar-refractivity contribution in [2.24, 2.45) is 0 Å². The average Bonchev–Trinajstić information content (AvgIpc) is 3.69. The quantitative estimate of drug-likeness (QED) is 0.288. The van der Waals surface area contributed by atoms with E-state index in [1.54, 1.807) is 6.20 Å². The summed E-state index contributed by atoms with van der Waals surface area (Å²) in [7, 11) is 0. The van der Waals surface area contributed by atoms with E-state index in [9.17, 15) is 9.50 Å². The zero-order valence-electron chi connectivity index (χ0n) is 23.9. The number of nitrogens with zero attached hydrogens (tertiary/aromatic N) is 4. The van der Waals surface area contributed by atoms with Crippen LogP contribution >= 0.6 is 0 Å². The molecule has 4 saturated heterocycles. The molecule has 2 unspecified atom stereocenters. The molecule has 4 aliphatic rings. The summed E-state index contributed by atoms with van der Waals surface area (Å²) >= 11 is 0. The smallest absolute Gasteiger partial charge is 0.317 e. The molecule has 2 aromatic heterocycles. The highest BCUT2D eigenvalue weighted by Gasteiger charge is 2.45. The van der Waals surface area contributed by atoms with E-state index < -0.39 is 11.6 Å². The molecule has 0 aliphatic carbocycles. The highest BCUT2D eigenvalue weighted by atomic mass is 19.1. The number of halogens is 2. The summed E-state index contributed by atoms with van der Waals surface area (Å²) in [5.74, 6) is 1.14. The lowest BCUT2D eigenvalue weighted by molar-refractivity contribution is 0.107. The van der Waals surface area contributed by atoms with Crippen molar-refractivity contribution in [2.75, 3.05) is 19.7 Å². The zero-order chi connectivity index (χ0) is 29.3. The fraction of sp³-hybridized carbons (Fsp3) is 0.441. The van der Waals surface area contributed by atoms with Gasteiger partial charge in [-0.2, -0.15) is 9.97 Å². The van der Waals surface area contributed by atoms with Crippen LogP contribution in [0.4, 0.5) is 8.78 Å². The SMILES string of the molecule is C#Cc1c(F)ccc2cc(O)cc(-c3ncc4c(C5CC6CCC(C5)N6)nc(OCC56CCCN5CCC6)nc4c3F)c12. The number of fused-ring (bicyclic) bond motifs is 5. The Morgan fingerprint density at radius 1 is 1.09 bits per heavy atom. The second-order valence-electron chi connectivity index (χ2n) is 12.7. The maximum absolute atomic E-state index is 16.7. The molecule has 0 saturated carbocycles. The first-order chi connectivity index (χ1) is 20.9. The van der Waals surface area contributed by atoms with E-state index in [1.165, 1.54) is 24.3 Å². The van der Waals surface area contributed by atoms with Crippen molar-refractivity contribution < 1.29 is 18.6 Å². The molecule has 8 rings (SSSR count). The highest BCUT2D eigenvalue weighted by molar-refractivity contribution is 6.02. The van der Waals surface area contributed by atoms with Gasteiger partial charge in [-0.3, -0.25) is 9.88 Å². The lowest BCUT2D eigenvalue weighted by Gasteiger charge is -2.32. The van der Waals surface area contributed by atoms with E-state index in [-0.39, 0.29) is 45.6 Å². The number of phenolic OH excluding ortho intramolecular Hbond substituents is 1. The van der Waals surface area contributed by atoms with E-state index in [4.69, 9.17) is 16.1 Å². The third-order valence-electron chi connectivity index (χ3n) is 10.3. The van der Waals surface area contributed by atoms with Gasteiger partial charge in [0.1, 0.15) is 29.4 Å². The van der Waals surface area contributed by atoms with Crippen molar-refractivity contribution in [3.63, 3.8) is 0 Å². The Morgan fingerprint density at radius 3 is 2.60 bits per heavy atom. The van der Waals surface area contributed by atoms with Crippen LogP contribution in [0.25, 0.3) is 32.9 Å². The summed E-state index contributed by atoms with van der Waals surface area (Å²) in [5, 5.41) is 15.5. The molecule has 2 bridgehead atoms. The van der Waals surface area contributed by atoms with Gasteiger partial charge in [-0.15, -0.1) is 6.42 Å². The molecule has 220 valence electrons. The third kappa shape index (κ3) is 4.34. The van der Waals surface area contributed by atoms with E-state index >= 15 is 4.39 Å². The number of pyridine rings is 1. The summed E-state index contributed by atoms with van der Waals surface area (Å²) in [6, 6.07) is 6.61. The molecule has 6 heterocycles. The van der Waals surface area contributed by atoms with Crippen LogP contribution in [-0.2, 0) is 0 Å². The summed E-state index contributed by atoms with van der Waals surface area (Å²) in [6.45, 7) is 2.62. The lowest BCUT2D eigenvalue weighted by atomic mass is 9.88. The number of hydrogen-bond acceptors (Lipinski definition) is 7. The van der Waals surface area contributed by atoms with Crippen LogP contribution in [0, 0.1) is 24.0 Å². The zero-order valence-corrected chi connectivity index (χ0v) is 23.9. The highest BCUT2D eigenvalue weighted by Crippen LogP contribution is 2.43. The van der Waals surface area contributed by atoms with Gasteiger partial charge >= 0.3 is 6.01 Å². The Bertz CT molecular complexity index is 1800. The number of nitrogens with one attached hydrogen (secondary N) is 1. The van der Waals surface area contributed by atoms with Gasteiger partial charge in [0.25, 0.3) is 0 Å². The van der Waals surface area contributed by atoms with Crippen molar-refractivity contribution in [2.45, 2.75) is 74.9 Å². The maximum atomic E-state index is 16.7. The molecule has 43 heavy (non-hydrogen) atoms. The first kappa shape index (κ1) is 26.7. The summed E-state index contributed by atoms with van der Waals surface area (Å²) < 4.78 is 37.9. The third-order valence-corrected chi connectivity index (χ3v) is 10.3. The maximum Gasteiger partial charge on any atom is 0.317 e. The van der Waals surface area contributed by atoms with Crippen molar-refractivity contribution in [3.05, 3.63) is 53.4 Å². The van der Waals surface area contributed by atoms with Crippen LogP contribution in [-0.4, -0.2) is 62.3 Å². The second-order valence-corrected chi connectivity index (χ2v) is 12.7. The van der Waals surface area contributed by atoms with Gasteiger partial charge in [0.05, 0.1) is 16.8 Å². The fourth-order valence-electron chi connectivity index (χ4n) is 8.31. The van der Waals surface area contributed by atoms with Gasteiger partial charge in [-0.05, 0) is 88.0 Å². The Morgan fingerprint density at radius 2 is 1.86 bits per heavy atom. The van der Waals surface area contributed by atoms with Crippen LogP contribution in [0.1, 0.15) is 68.5 Å². The molecule has 0 amide bonds. The first-order valence-corrected chi connectivity index (χ1v) is 15.3. The minimum Gasteiger partial charge on any atom is -0.508 e. The van der Waals surface area contributed by atoms with Crippen LogP contribution in [0.5, 0.6) is 11.8 Å². The number of piperidine rings is 1. The molecule has 9 heteroatoms. The Hall–Kier alpha value is -3.87. The first-order valence-electron chi connectivity index (χ1n) is 15.3. The lowest BCUT2D eigenvalue weighted by Crippen LogP contribution is -2.43. The monoisotopic (exact) mass is 581 g/mol. The molecule has 4 aliphatic heterocycles. The Labute approximate surface area is 248 Å². The van der Waals surface area contributed by atoms with Gasteiger partial charge in [0.2, 0.25) is 0 Å². The van der Waals surface area contributed by atoms with Gasteiger partial charge in [-0.1, -0.05) is 12.0 Å². The van der Waals surface area contributed by atoms with Gasteiger partial charge in [0.15, 0.2) is 5.82 Å². The number of aromatic nitrogens is 3. The van der Waals surface area contributed by atoms with E-state index in [0.717, 1.165) is 70.2 Å². The van der Waals surface area contributed by atoms with E-state index in [2.05, 4.69) is 26.1 Å². The van der Waals surface area contributed by atoms with Crippen LogP contribution in [0.15, 0.2) is 30.5 Å². The number of rotatable bonds is 5. The number of terminal acetylenes is 1. The molecule has 4 fully saturated rings. The standard InChI is InChI=1S/C34H33F2N5O2/c1-2-24-27(35)8-5-19-15-23(42)16-25(28(19)24)31-29(36)32-26(17-37-31)30(20-13-21-6-7-22(14-20)38-21)39-33(40-32)43-18-34-9-3-11-41(34)12-4-10-34/h1,5,8,15-17,20-22,38,42H,3-4,6-7,9-14,18H2. The predicted octanol–water partition coefficient (Wildman–Crippen LogP) is 5.82. The number of aromatic hydroxyl groups is 1. The van der Waals surface area contributed by atoms with Crippen LogP contribution in [0.3, 0.4) is 0 Å². The number of ether oxygens (including phenoxy) is 1. The number of hydrogen-bond donors (Lipinski definition) is 2. The average molecular weight is 582 g/mol. The van der Waals surface area contributed by atoms with Gasteiger partial charge < -0.3 is 15.2 Å². The number of benzene rings is 2.